The summed E-state index contributed by atoms with van der Waals surface area (Å²) in [4.78, 5) is 16.1. The van der Waals surface area contributed by atoms with Crippen LogP contribution in [-0.2, 0) is 16.1 Å². The van der Waals surface area contributed by atoms with Crippen LogP contribution in [0.2, 0.25) is 0 Å². The third kappa shape index (κ3) is 3.87. The van der Waals surface area contributed by atoms with Crippen LogP contribution in [0.1, 0.15) is 12.7 Å². The Bertz CT molecular complexity index is 594. The van der Waals surface area contributed by atoms with Gasteiger partial charge in [-0.1, -0.05) is 6.92 Å². The lowest BCUT2D eigenvalue weighted by atomic mass is 10.1. The van der Waals surface area contributed by atoms with E-state index in [1.807, 2.05) is 31.2 Å². The Balaban J connectivity index is 2.03. The van der Waals surface area contributed by atoms with Crippen molar-refractivity contribution in [2.24, 2.45) is 11.7 Å². The van der Waals surface area contributed by atoms with Gasteiger partial charge in [0.2, 0.25) is 5.91 Å². The molecular formula is C14H19N5O2. The minimum Gasteiger partial charge on any atom is -0.384 e. The molecule has 112 valence electrons. The standard InChI is InChI=1S/C14H19N5O2/c1-9(8-21-2)14(20)16-11-5-3-10(4-6-11)13-17-12(7-15)18-19-13/h3-6,9H,7-8,15H2,1-2H3,(H,16,20)(H,17,18,19). The third-order valence-corrected chi connectivity index (χ3v) is 3.00. The molecule has 0 saturated heterocycles. The first kappa shape index (κ1) is 15.1. The predicted octanol–water partition coefficient (Wildman–Crippen LogP) is 1.15. The van der Waals surface area contributed by atoms with Gasteiger partial charge in [-0.2, -0.15) is 5.10 Å². The molecule has 1 atom stereocenters. The van der Waals surface area contributed by atoms with Crippen LogP contribution in [0.25, 0.3) is 11.4 Å². The second-order valence-electron chi connectivity index (χ2n) is 4.73. The van der Waals surface area contributed by atoms with Gasteiger partial charge in [0.05, 0.1) is 19.1 Å². The van der Waals surface area contributed by atoms with Crippen molar-refractivity contribution >= 4 is 11.6 Å². The number of nitrogens with one attached hydrogen (secondary N) is 2. The number of rotatable bonds is 6. The molecule has 2 rings (SSSR count). The van der Waals surface area contributed by atoms with Crippen molar-refractivity contribution in [2.45, 2.75) is 13.5 Å². The van der Waals surface area contributed by atoms with Crippen molar-refractivity contribution in [3.8, 4) is 11.4 Å². The summed E-state index contributed by atoms with van der Waals surface area (Å²) in [6.07, 6.45) is 0. The van der Waals surface area contributed by atoms with Gasteiger partial charge in [-0.3, -0.25) is 9.89 Å². The first-order valence-corrected chi connectivity index (χ1v) is 6.65. The quantitative estimate of drug-likeness (QED) is 0.739. The largest absolute Gasteiger partial charge is 0.384 e. The van der Waals surface area contributed by atoms with E-state index in [1.54, 1.807) is 7.11 Å². The fraction of sp³-hybridized carbons (Fsp3) is 0.357. The molecule has 0 bridgehead atoms. The molecule has 1 heterocycles. The molecule has 0 aliphatic heterocycles. The summed E-state index contributed by atoms with van der Waals surface area (Å²) in [6.45, 7) is 2.52. The van der Waals surface area contributed by atoms with Crippen LogP contribution in [0.5, 0.6) is 0 Å². The number of nitrogens with zero attached hydrogens (tertiary/aromatic N) is 2. The number of methoxy groups -OCH3 is 1. The van der Waals surface area contributed by atoms with E-state index in [9.17, 15) is 4.79 Å². The number of carbonyl (C=O) groups is 1. The summed E-state index contributed by atoms with van der Waals surface area (Å²) in [6, 6.07) is 7.32. The van der Waals surface area contributed by atoms with Gasteiger partial charge in [0.15, 0.2) is 5.82 Å². The van der Waals surface area contributed by atoms with Crippen LogP contribution in [0.15, 0.2) is 24.3 Å². The van der Waals surface area contributed by atoms with Crippen molar-refractivity contribution in [1.29, 1.82) is 0 Å². The maximum atomic E-state index is 11.9. The van der Waals surface area contributed by atoms with Crippen LogP contribution in [0.3, 0.4) is 0 Å². The Morgan fingerprint density at radius 1 is 1.43 bits per heavy atom. The minimum absolute atomic E-state index is 0.0760. The number of anilines is 1. The molecule has 0 aliphatic rings. The van der Waals surface area contributed by atoms with E-state index in [1.165, 1.54) is 0 Å². The zero-order valence-electron chi connectivity index (χ0n) is 12.1. The van der Waals surface area contributed by atoms with Gasteiger partial charge in [-0.25, -0.2) is 4.98 Å². The lowest BCUT2D eigenvalue weighted by molar-refractivity contribution is -0.120. The number of hydrogen-bond donors (Lipinski definition) is 3. The number of aromatic amines is 1. The number of H-pyrrole nitrogens is 1. The first-order chi connectivity index (χ1) is 10.1. The van der Waals surface area contributed by atoms with Gasteiger partial charge >= 0.3 is 0 Å². The number of benzene rings is 1. The fourth-order valence-electron chi connectivity index (χ4n) is 1.81. The lowest BCUT2D eigenvalue weighted by Crippen LogP contribution is -2.23. The molecular weight excluding hydrogens is 270 g/mol. The molecule has 4 N–H and O–H groups in total. The SMILES string of the molecule is COCC(C)C(=O)Nc1ccc(-c2n[nH]c(CN)n2)cc1. The number of hydrogen-bond acceptors (Lipinski definition) is 5. The zero-order valence-corrected chi connectivity index (χ0v) is 12.1. The Morgan fingerprint density at radius 3 is 2.71 bits per heavy atom. The molecule has 0 saturated carbocycles. The number of amides is 1. The molecule has 1 aromatic heterocycles. The summed E-state index contributed by atoms with van der Waals surface area (Å²) in [5, 5.41) is 9.67. The molecule has 1 amide bonds. The summed E-state index contributed by atoms with van der Waals surface area (Å²) in [7, 11) is 1.57. The second-order valence-corrected chi connectivity index (χ2v) is 4.73. The highest BCUT2D eigenvalue weighted by atomic mass is 16.5. The fourth-order valence-corrected chi connectivity index (χ4v) is 1.81. The van der Waals surface area contributed by atoms with Crippen molar-refractivity contribution in [3.63, 3.8) is 0 Å². The van der Waals surface area contributed by atoms with E-state index >= 15 is 0 Å². The van der Waals surface area contributed by atoms with Gasteiger partial charge in [0.25, 0.3) is 0 Å². The van der Waals surface area contributed by atoms with E-state index in [2.05, 4.69) is 20.5 Å². The molecule has 0 spiro atoms. The molecule has 1 aromatic carbocycles. The smallest absolute Gasteiger partial charge is 0.229 e. The van der Waals surface area contributed by atoms with Crippen LogP contribution >= 0.6 is 0 Å². The van der Waals surface area contributed by atoms with Crippen LogP contribution in [0.4, 0.5) is 5.69 Å². The van der Waals surface area contributed by atoms with Crippen molar-refractivity contribution in [1.82, 2.24) is 15.2 Å². The lowest BCUT2D eigenvalue weighted by Gasteiger charge is -2.11. The summed E-state index contributed by atoms with van der Waals surface area (Å²) >= 11 is 0. The summed E-state index contributed by atoms with van der Waals surface area (Å²) in [5.74, 6) is 0.944. The maximum Gasteiger partial charge on any atom is 0.229 e. The molecule has 7 nitrogen and oxygen atoms in total. The maximum absolute atomic E-state index is 11.9. The topological polar surface area (TPSA) is 106 Å². The number of ether oxygens (including phenoxy) is 1. The molecule has 2 aromatic rings. The van der Waals surface area contributed by atoms with E-state index in [4.69, 9.17) is 10.5 Å². The molecule has 0 radical (unpaired) electrons. The Hall–Kier alpha value is -2.25. The highest BCUT2D eigenvalue weighted by Gasteiger charge is 2.12. The van der Waals surface area contributed by atoms with Crippen LogP contribution < -0.4 is 11.1 Å². The molecule has 1 unspecified atom stereocenters. The van der Waals surface area contributed by atoms with E-state index < -0.39 is 0 Å². The van der Waals surface area contributed by atoms with Gasteiger partial charge in [0, 0.05) is 18.4 Å². The van der Waals surface area contributed by atoms with Gasteiger partial charge in [0.1, 0.15) is 5.82 Å². The highest BCUT2D eigenvalue weighted by molar-refractivity contribution is 5.92. The number of carbonyl (C=O) groups excluding carboxylic acids is 1. The third-order valence-electron chi connectivity index (χ3n) is 3.00. The van der Waals surface area contributed by atoms with Crippen LogP contribution in [-0.4, -0.2) is 34.8 Å². The normalized spacial score (nSPS) is 12.1. The van der Waals surface area contributed by atoms with E-state index in [0.717, 1.165) is 11.3 Å². The monoisotopic (exact) mass is 289 g/mol. The molecule has 0 aliphatic carbocycles. The van der Waals surface area contributed by atoms with Crippen molar-refractivity contribution < 1.29 is 9.53 Å². The van der Waals surface area contributed by atoms with Crippen LogP contribution in [0, 0.1) is 5.92 Å². The number of aromatic nitrogens is 3. The second kappa shape index (κ2) is 6.96. The van der Waals surface area contributed by atoms with Gasteiger partial charge < -0.3 is 15.8 Å². The average molecular weight is 289 g/mol. The zero-order chi connectivity index (χ0) is 15.2. The number of nitrogens with two attached hydrogens (primary N) is 1. The first-order valence-electron chi connectivity index (χ1n) is 6.65. The minimum atomic E-state index is -0.199. The summed E-state index contributed by atoms with van der Waals surface area (Å²) < 4.78 is 4.96. The predicted molar refractivity (Wildman–Crippen MR) is 79.4 cm³/mol. The van der Waals surface area contributed by atoms with Gasteiger partial charge in [-0.15, -0.1) is 0 Å². The Labute approximate surface area is 122 Å². The van der Waals surface area contributed by atoms with Crippen molar-refractivity contribution in [2.75, 3.05) is 19.0 Å². The summed E-state index contributed by atoms with van der Waals surface area (Å²) in [5.41, 5.74) is 7.06. The van der Waals surface area contributed by atoms with Gasteiger partial charge in [-0.05, 0) is 24.3 Å². The highest BCUT2D eigenvalue weighted by Crippen LogP contribution is 2.18. The Morgan fingerprint density at radius 2 is 2.14 bits per heavy atom. The van der Waals surface area contributed by atoms with E-state index in [-0.39, 0.29) is 11.8 Å². The molecule has 0 fully saturated rings. The molecule has 7 heteroatoms. The molecule has 21 heavy (non-hydrogen) atoms. The average Bonchev–Trinajstić information content (AvgIpc) is 2.97. The Kier molecular flexibility index (Phi) is 5.02. The van der Waals surface area contributed by atoms with Crippen molar-refractivity contribution in [3.05, 3.63) is 30.1 Å². The van der Waals surface area contributed by atoms with E-state index in [0.29, 0.717) is 24.8 Å².